The number of ether oxygens (including phenoxy) is 1. The molecule has 3 aliphatic rings. The maximum atomic E-state index is 12.8. The van der Waals surface area contributed by atoms with Crippen LogP contribution >= 0.6 is 0 Å². The predicted octanol–water partition coefficient (Wildman–Crippen LogP) is 3.32. The van der Waals surface area contributed by atoms with Gasteiger partial charge in [-0.25, -0.2) is 4.79 Å². The van der Waals surface area contributed by atoms with E-state index in [0.717, 1.165) is 19.3 Å². The highest BCUT2D eigenvalue weighted by atomic mass is 16.5. The molecule has 1 aromatic heterocycles. The molecular formula is C20H16N2O3. The summed E-state index contributed by atoms with van der Waals surface area (Å²) in [6, 6.07) is 9.43. The highest BCUT2D eigenvalue weighted by molar-refractivity contribution is 5.85. The third-order valence-corrected chi connectivity index (χ3v) is 5.87. The van der Waals surface area contributed by atoms with Gasteiger partial charge in [0.15, 0.2) is 5.75 Å². The van der Waals surface area contributed by atoms with E-state index in [-0.39, 0.29) is 11.3 Å². The van der Waals surface area contributed by atoms with Gasteiger partial charge in [0.1, 0.15) is 11.7 Å². The number of fused-ring (bicyclic) bond motifs is 5. The van der Waals surface area contributed by atoms with E-state index in [1.807, 2.05) is 12.1 Å². The lowest BCUT2D eigenvalue weighted by molar-refractivity contribution is 0.299. The summed E-state index contributed by atoms with van der Waals surface area (Å²) in [5, 5.41) is 10.4. The SMILES string of the molecule is N#CC1=C(N)Oc2c(c(=O)oc3ccccc23)[C@H]1[C@@]12C=C[C@@H](CC1)C2. The van der Waals surface area contributed by atoms with Crippen molar-refractivity contribution in [3.8, 4) is 11.8 Å². The Morgan fingerprint density at radius 1 is 1.32 bits per heavy atom. The van der Waals surface area contributed by atoms with Crippen LogP contribution in [0, 0.1) is 22.7 Å². The highest BCUT2D eigenvalue weighted by Gasteiger charge is 2.52. The Hall–Kier alpha value is -3.00. The van der Waals surface area contributed by atoms with Crippen molar-refractivity contribution in [3.63, 3.8) is 0 Å². The van der Waals surface area contributed by atoms with Crippen LogP contribution in [0.15, 0.2) is 57.1 Å². The fourth-order valence-electron chi connectivity index (χ4n) is 4.79. The molecule has 2 bridgehead atoms. The van der Waals surface area contributed by atoms with Crippen LogP contribution in [-0.2, 0) is 0 Å². The van der Waals surface area contributed by atoms with Gasteiger partial charge < -0.3 is 14.9 Å². The molecule has 1 aromatic carbocycles. The predicted molar refractivity (Wildman–Crippen MR) is 91.6 cm³/mol. The van der Waals surface area contributed by atoms with Crippen LogP contribution in [0.5, 0.6) is 5.75 Å². The number of nitrogens with two attached hydrogens (primary N) is 1. The molecule has 0 radical (unpaired) electrons. The van der Waals surface area contributed by atoms with Gasteiger partial charge in [0.25, 0.3) is 0 Å². The standard InChI is InChI=1S/C20H16N2O3/c21-10-13-16(20-7-5-11(9-20)6-8-20)15-17(25-18(13)22)12-3-1-2-4-14(12)24-19(15)23/h1-5,7,11,16H,6,8-9,22H2/t11-,16-,20-/m0/s1. The Kier molecular flexibility index (Phi) is 2.73. The van der Waals surface area contributed by atoms with E-state index < -0.39 is 11.5 Å². The monoisotopic (exact) mass is 332 g/mol. The van der Waals surface area contributed by atoms with Gasteiger partial charge in [-0.1, -0.05) is 24.3 Å². The lowest BCUT2D eigenvalue weighted by atomic mass is 9.67. The molecule has 2 aromatic rings. The van der Waals surface area contributed by atoms with Crippen LogP contribution in [0.25, 0.3) is 11.0 Å². The molecule has 2 heterocycles. The second kappa shape index (κ2) is 4.76. The number of hydrogen-bond donors (Lipinski definition) is 1. The summed E-state index contributed by atoms with van der Waals surface area (Å²) >= 11 is 0. The van der Waals surface area contributed by atoms with Crippen molar-refractivity contribution in [2.75, 3.05) is 0 Å². The van der Waals surface area contributed by atoms with E-state index in [1.54, 1.807) is 12.1 Å². The molecule has 0 spiro atoms. The molecule has 0 unspecified atom stereocenters. The van der Waals surface area contributed by atoms with Gasteiger partial charge in [0, 0.05) is 11.3 Å². The quantitative estimate of drug-likeness (QED) is 0.639. The molecular weight excluding hydrogens is 316 g/mol. The summed E-state index contributed by atoms with van der Waals surface area (Å²) in [5.74, 6) is 0.631. The van der Waals surface area contributed by atoms with Crippen molar-refractivity contribution in [1.29, 1.82) is 5.26 Å². The maximum Gasteiger partial charge on any atom is 0.343 e. The average Bonchev–Trinajstić information content (AvgIpc) is 3.23. The minimum atomic E-state index is -0.447. The molecule has 1 aliphatic heterocycles. The molecule has 5 nitrogen and oxygen atoms in total. The normalized spacial score (nSPS) is 29.6. The number of allylic oxidation sites excluding steroid dienone is 3. The van der Waals surface area contributed by atoms with Crippen molar-refractivity contribution in [2.24, 2.45) is 17.1 Å². The highest BCUT2D eigenvalue weighted by Crippen LogP contribution is 2.60. The first-order valence-corrected chi connectivity index (χ1v) is 8.46. The second-order valence-electron chi connectivity index (χ2n) is 7.15. The van der Waals surface area contributed by atoms with Crippen LogP contribution in [0.1, 0.15) is 30.7 Å². The van der Waals surface area contributed by atoms with Crippen molar-refractivity contribution in [1.82, 2.24) is 0 Å². The lowest BCUT2D eigenvalue weighted by Gasteiger charge is -2.36. The van der Waals surface area contributed by atoms with Gasteiger partial charge >= 0.3 is 5.63 Å². The first-order chi connectivity index (χ1) is 12.1. The minimum absolute atomic E-state index is 0.0916. The Morgan fingerprint density at radius 2 is 2.16 bits per heavy atom. The van der Waals surface area contributed by atoms with Crippen molar-refractivity contribution in [3.05, 3.63) is 63.9 Å². The van der Waals surface area contributed by atoms with Crippen molar-refractivity contribution < 1.29 is 9.15 Å². The second-order valence-corrected chi connectivity index (χ2v) is 7.15. The van der Waals surface area contributed by atoms with Crippen LogP contribution < -0.4 is 16.1 Å². The smallest absolute Gasteiger partial charge is 0.343 e. The van der Waals surface area contributed by atoms with Gasteiger partial charge in [-0.15, -0.1) is 0 Å². The summed E-state index contributed by atoms with van der Waals surface area (Å²) < 4.78 is 11.3. The number of nitriles is 1. The van der Waals surface area contributed by atoms with E-state index in [2.05, 4.69) is 18.2 Å². The number of nitrogens with zero attached hydrogens (tertiary/aromatic N) is 1. The van der Waals surface area contributed by atoms with Crippen LogP contribution in [0.2, 0.25) is 0 Å². The molecule has 2 aliphatic carbocycles. The maximum absolute atomic E-state index is 12.8. The van der Waals surface area contributed by atoms with Crippen molar-refractivity contribution >= 4 is 11.0 Å². The first kappa shape index (κ1) is 14.4. The molecule has 2 N–H and O–H groups in total. The van der Waals surface area contributed by atoms with Crippen LogP contribution in [-0.4, -0.2) is 0 Å². The van der Waals surface area contributed by atoms with E-state index in [1.165, 1.54) is 0 Å². The first-order valence-electron chi connectivity index (χ1n) is 8.46. The summed E-state index contributed by atoms with van der Waals surface area (Å²) in [7, 11) is 0. The van der Waals surface area contributed by atoms with Gasteiger partial charge in [-0.2, -0.15) is 5.26 Å². The van der Waals surface area contributed by atoms with E-state index >= 15 is 0 Å². The van der Waals surface area contributed by atoms with E-state index in [4.69, 9.17) is 14.9 Å². The fourth-order valence-corrected chi connectivity index (χ4v) is 4.79. The zero-order chi connectivity index (χ0) is 17.2. The topological polar surface area (TPSA) is 89.3 Å². The summed E-state index contributed by atoms with van der Waals surface area (Å²) in [5.41, 5.74) is 6.63. The molecule has 1 fully saturated rings. The Bertz CT molecular complexity index is 1070. The molecule has 25 heavy (non-hydrogen) atoms. The third kappa shape index (κ3) is 1.79. The molecule has 5 heteroatoms. The number of rotatable bonds is 1. The zero-order valence-corrected chi connectivity index (χ0v) is 13.5. The largest absolute Gasteiger partial charge is 0.439 e. The molecule has 3 atom stereocenters. The van der Waals surface area contributed by atoms with Gasteiger partial charge in [0.05, 0.1) is 16.5 Å². The minimum Gasteiger partial charge on any atom is -0.439 e. The number of benzene rings is 1. The number of hydrogen-bond acceptors (Lipinski definition) is 5. The van der Waals surface area contributed by atoms with Crippen LogP contribution in [0.4, 0.5) is 0 Å². The summed E-state index contributed by atoms with van der Waals surface area (Å²) in [6.45, 7) is 0. The van der Waals surface area contributed by atoms with Gasteiger partial charge in [-0.3, -0.25) is 0 Å². The van der Waals surface area contributed by atoms with Crippen LogP contribution in [0.3, 0.4) is 0 Å². The van der Waals surface area contributed by atoms with Gasteiger partial charge in [0.2, 0.25) is 5.88 Å². The van der Waals surface area contributed by atoms with Crippen molar-refractivity contribution in [2.45, 2.75) is 25.2 Å². The van der Waals surface area contributed by atoms with E-state index in [9.17, 15) is 10.1 Å². The fraction of sp³-hybridized carbons (Fsp3) is 0.300. The average molecular weight is 332 g/mol. The Balaban J connectivity index is 1.85. The summed E-state index contributed by atoms with van der Waals surface area (Å²) in [6.07, 6.45) is 7.30. The Labute approximate surface area is 144 Å². The zero-order valence-electron chi connectivity index (χ0n) is 13.5. The molecule has 5 rings (SSSR count). The Morgan fingerprint density at radius 3 is 2.84 bits per heavy atom. The molecule has 0 amide bonds. The van der Waals surface area contributed by atoms with Gasteiger partial charge in [-0.05, 0) is 37.3 Å². The molecule has 124 valence electrons. The van der Waals surface area contributed by atoms with E-state index in [0.29, 0.717) is 33.8 Å². The summed E-state index contributed by atoms with van der Waals surface area (Å²) in [4.78, 5) is 12.8. The molecule has 1 saturated carbocycles. The lowest BCUT2D eigenvalue weighted by Crippen LogP contribution is -2.34. The molecule has 0 saturated heterocycles. The number of para-hydroxylation sites is 1. The third-order valence-electron chi connectivity index (χ3n) is 5.87.